The Morgan fingerprint density at radius 3 is 2.80 bits per heavy atom. The summed E-state index contributed by atoms with van der Waals surface area (Å²) in [5, 5.41) is 8.67. The Labute approximate surface area is 89.2 Å². The molecule has 0 N–H and O–H groups in total. The molecule has 3 nitrogen and oxygen atoms in total. The number of carbonyl (C=O) groups excluding carboxylic acids is 1. The molecule has 0 aliphatic rings. The summed E-state index contributed by atoms with van der Waals surface area (Å²) in [6, 6.07) is 8.66. The summed E-state index contributed by atoms with van der Waals surface area (Å²) in [4.78, 5) is 13.4. The van der Waals surface area contributed by atoms with Crippen molar-refractivity contribution < 1.29 is 4.79 Å². The lowest BCUT2D eigenvalue weighted by atomic mass is 10.1. The number of allylic oxidation sites excluding steroid dienone is 1. The van der Waals surface area contributed by atoms with Gasteiger partial charge in [0.05, 0.1) is 11.6 Å². The first-order chi connectivity index (χ1) is 7.13. The Bertz CT molecular complexity index is 427. The van der Waals surface area contributed by atoms with Crippen molar-refractivity contribution in [2.24, 2.45) is 0 Å². The third kappa shape index (κ3) is 3.28. The molecule has 0 saturated heterocycles. The van der Waals surface area contributed by atoms with E-state index in [0.717, 1.165) is 0 Å². The molecule has 1 rings (SSSR count). The highest BCUT2D eigenvalue weighted by molar-refractivity contribution is 6.04. The Morgan fingerprint density at radius 2 is 2.20 bits per heavy atom. The predicted octanol–water partition coefficient (Wildman–Crippen LogP) is 1.82. The zero-order chi connectivity index (χ0) is 11.3. The molecule has 0 heterocycles. The number of hydrogen-bond donors (Lipinski definition) is 0. The monoisotopic (exact) mass is 200 g/mol. The lowest BCUT2D eigenvalue weighted by Crippen LogP contribution is -2.03. The Morgan fingerprint density at radius 1 is 1.47 bits per heavy atom. The average Bonchev–Trinajstić information content (AvgIpc) is 2.26. The maximum Gasteiger partial charge on any atom is 0.187 e. The summed E-state index contributed by atoms with van der Waals surface area (Å²) in [6.07, 6.45) is 3.16. The summed E-state index contributed by atoms with van der Waals surface area (Å²) < 4.78 is 0. The molecule has 0 atom stereocenters. The quantitative estimate of drug-likeness (QED) is 0.552. The molecular formula is C12H12N2O. The number of benzene rings is 1. The van der Waals surface area contributed by atoms with Gasteiger partial charge in [0, 0.05) is 31.9 Å². The number of ketones is 1. The molecule has 3 heteroatoms. The van der Waals surface area contributed by atoms with Crippen LogP contribution in [-0.4, -0.2) is 24.8 Å². The van der Waals surface area contributed by atoms with E-state index < -0.39 is 0 Å². The molecule has 0 spiro atoms. The summed E-state index contributed by atoms with van der Waals surface area (Å²) in [5.74, 6) is -0.0965. The Balaban J connectivity index is 2.88. The zero-order valence-corrected chi connectivity index (χ0v) is 8.77. The molecule has 0 fully saturated rings. The molecular weight excluding hydrogens is 188 g/mol. The third-order valence-electron chi connectivity index (χ3n) is 1.80. The minimum atomic E-state index is -0.0965. The fourth-order valence-corrected chi connectivity index (χ4v) is 1.06. The number of rotatable bonds is 3. The van der Waals surface area contributed by atoms with E-state index in [4.69, 9.17) is 5.26 Å². The maximum atomic E-state index is 11.6. The van der Waals surface area contributed by atoms with Crippen LogP contribution in [0.1, 0.15) is 15.9 Å². The zero-order valence-electron chi connectivity index (χ0n) is 8.77. The Kier molecular flexibility index (Phi) is 3.64. The van der Waals surface area contributed by atoms with Crippen LogP contribution in [0.3, 0.4) is 0 Å². The number of nitrogens with zero attached hydrogens (tertiary/aromatic N) is 2. The molecule has 76 valence electrons. The van der Waals surface area contributed by atoms with Gasteiger partial charge in [-0.3, -0.25) is 4.79 Å². The van der Waals surface area contributed by atoms with Gasteiger partial charge < -0.3 is 4.90 Å². The van der Waals surface area contributed by atoms with E-state index in [-0.39, 0.29) is 5.78 Å². The molecule has 0 amide bonds. The number of nitriles is 1. The fourth-order valence-electron chi connectivity index (χ4n) is 1.06. The van der Waals surface area contributed by atoms with Crippen LogP contribution >= 0.6 is 0 Å². The average molecular weight is 200 g/mol. The maximum absolute atomic E-state index is 11.6. The van der Waals surface area contributed by atoms with Gasteiger partial charge in [0.15, 0.2) is 5.78 Å². The van der Waals surface area contributed by atoms with Crippen LogP contribution < -0.4 is 0 Å². The van der Waals surface area contributed by atoms with Crippen molar-refractivity contribution in [3.8, 4) is 6.07 Å². The third-order valence-corrected chi connectivity index (χ3v) is 1.80. The molecule has 0 aromatic heterocycles. The Hall–Kier alpha value is -2.08. The van der Waals surface area contributed by atoms with E-state index in [2.05, 4.69) is 0 Å². The highest BCUT2D eigenvalue weighted by atomic mass is 16.1. The smallest absolute Gasteiger partial charge is 0.187 e. The first-order valence-corrected chi connectivity index (χ1v) is 4.52. The van der Waals surface area contributed by atoms with Crippen molar-refractivity contribution in [2.45, 2.75) is 0 Å². The molecule has 0 bridgehead atoms. The second kappa shape index (κ2) is 4.97. The van der Waals surface area contributed by atoms with Gasteiger partial charge >= 0.3 is 0 Å². The van der Waals surface area contributed by atoms with Gasteiger partial charge in [-0.1, -0.05) is 12.1 Å². The van der Waals surface area contributed by atoms with Crippen LogP contribution in [0.5, 0.6) is 0 Å². The van der Waals surface area contributed by atoms with Crippen LogP contribution in [0.2, 0.25) is 0 Å². The molecule has 0 saturated carbocycles. The van der Waals surface area contributed by atoms with Crippen LogP contribution in [0.25, 0.3) is 0 Å². The van der Waals surface area contributed by atoms with Crippen LogP contribution in [0.4, 0.5) is 0 Å². The van der Waals surface area contributed by atoms with Gasteiger partial charge in [0.25, 0.3) is 0 Å². The second-order valence-corrected chi connectivity index (χ2v) is 3.34. The molecule has 0 unspecified atom stereocenters. The van der Waals surface area contributed by atoms with Crippen molar-refractivity contribution in [1.29, 1.82) is 5.26 Å². The van der Waals surface area contributed by atoms with Crippen LogP contribution in [-0.2, 0) is 0 Å². The van der Waals surface area contributed by atoms with Crippen molar-refractivity contribution in [2.75, 3.05) is 14.1 Å². The highest BCUT2D eigenvalue weighted by Gasteiger charge is 2.02. The highest BCUT2D eigenvalue weighted by Crippen LogP contribution is 2.05. The topological polar surface area (TPSA) is 44.1 Å². The van der Waals surface area contributed by atoms with Gasteiger partial charge in [0.1, 0.15) is 0 Å². The van der Waals surface area contributed by atoms with Gasteiger partial charge in [-0.05, 0) is 12.1 Å². The second-order valence-electron chi connectivity index (χ2n) is 3.34. The van der Waals surface area contributed by atoms with E-state index in [9.17, 15) is 4.79 Å². The predicted molar refractivity (Wildman–Crippen MR) is 58.3 cm³/mol. The lowest BCUT2D eigenvalue weighted by molar-refractivity contribution is 0.104. The first kappa shape index (κ1) is 11.0. The summed E-state index contributed by atoms with van der Waals surface area (Å²) in [6.45, 7) is 0. The molecule has 0 aliphatic heterocycles. The molecule has 1 aromatic rings. The fraction of sp³-hybridized carbons (Fsp3) is 0.167. The normalized spacial score (nSPS) is 9.93. The molecule has 1 aromatic carbocycles. The van der Waals surface area contributed by atoms with Gasteiger partial charge in [-0.15, -0.1) is 0 Å². The van der Waals surface area contributed by atoms with Gasteiger partial charge in [-0.25, -0.2) is 0 Å². The van der Waals surface area contributed by atoms with Crippen LogP contribution in [0, 0.1) is 11.3 Å². The van der Waals surface area contributed by atoms with E-state index in [1.54, 1.807) is 35.4 Å². The van der Waals surface area contributed by atoms with Crippen LogP contribution in [0.15, 0.2) is 36.5 Å². The largest absolute Gasteiger partial charge is 0.383 e. The minimum Gasteiger partial charge on any atom is -0.383 e. The lowest BCUT2D eigenvalue weighted by Gasteiger charge is -2.02. The molecule has 0 aliphatic carbocycles. The van der Waals surface area contributed by atoms with Crippen molar-refractivity contribution in [1.82, 2.24) is 4.90 Å². The van der Waals surface area contributed by atoms with Crippen molar-refractivity contribution >= 4 is 5.78 Å². The van der Waals surface area contributed by atoms with E-state index in [1.807, 2.05) is 20.2 Å². The minimum absolute atomic E-state index is 0.0965. The van der Waals surface area contributed by atoms with E-state index in [0.29, 0.717) is 11.1 Å². The first-order valence-electron chi connectivity index (χ1n) is 4.52. The summed E-state index contributed by atoms with van der Waals surface area (Å²) in [5.41, 5.74) is 1.03. The molecule has 0 radical (unpaired) electrons. The molecule has 15 heavy (non-hydrogen) atoms. The summed E-state index contributed by atoms with van der Waals surface area (Å²) in [7, 11) is 3.69. The SMILES string of the molecule is CN(C)/C=C\C(=O)c1cccc(C#N)c1. The summed E-state index contributed by atoms with van der Waals surface area (Å²) >= 11 is 0. The number of carbonyl (C=O) groups is 1. The van der Waals surface area contributed by atoms with E-state index in [1.165, 1.54) is 6.08 Å². The number of hydrogen-bond acceptors (Lipinski definition) is 3. The standard InChI is InChI=1S/C12H12N2O/c1-14(2)7-6-12(15)11-5-3-4-10(8-11)9-13/h3-8H,1-2H3/b7-6-. The van der Waals surface area contributed by atoms with E-state index >= 15 is 0 Å². The van der Waals surface area contributed by atoms with Crippen molar-refractivity contribution in [3.63, 3.8) is 0 Å². The van der Waals surface area contributed by atoms with Crippen molar-refractivity contribution in [3.05, 3.63) is 47.7 Å². The van der Waals surface area contributed by atoms with Gasteiger partial charge in [0.2, 0.25) is 0 Å². The van der Waals surface area contributed by atoms with Gasteiger partial charge in [-0.2, -0.15) is 5.26 Å².